The van der Waals surface area contributed by atoms with E-state index in [1.54, 1.807) is 0 Å². The van der Waals surface area contributed by atoms with Crippen LogP contribution >= 0.6 is 0 Å². The summed E-state index contributed by atoms with van der Waals surface area (Å²) in [5.74, 6) is 1.71. The zero-order chi connectivity index (χ0) is 12.5. The second-order valence-electron chi connectivity index (χ2n) is 5.55. The van der Waals surface area contributed by atoms with E-state index in [4.69, 9.17) is 0 Å². The first-order valence-corrected chi connectivity index (χ1v) is 6.98. The van der Waals surface area contributed by atoms with E-state index in [1.807, 2.05) is 0 Å². The lowest BCUT2D eigenvalue weighted by Gasteiger charge is -2.26. The predicted octanol–water partition coefficient (Wildman–Crippen LogP) is 3.68. The van der Waals surface area contributed by atoms with Crippen LogP contribution in [0.3, 0.4) is 0 Å². The Kier molecular flexibility index (Phi) is 2.98. The summed E-state index contributed by atoms with van der Waals surface area (Å²) in [6.07, 6.45) is 3.94. The van der Waals surface area contributed by atoms with Gasteiger partial charge in [0.15, 0.2) is 5.82 Å². The Bertz CT molecular complexity index is 536. The molecule has 1 aliphatic rings. The first-order chi connectivity index (χ1) is 8.75. The fourth-order valence-corrected chi connectivity index (χ4v) is 2.72. The molecule has 2 heterocycles. The van der Waals surface area contributed by atoms with Crippen LogP contribution in [0.5, 0.6) is 0 Å². The summed E-state index contributed by atoms with van der Waals surface area (Å²) in [5.41, 5.74) is 2.54. The normalized spacial score (nSPS) is 16.7. The molecule has 0 radical (unpaired) electrons. The van der Waals surface area contributed by atoms with Crippen molar-refractivity contribution in [1.82, 2.24) is 10.2 Å². The minimum absolute atomic E-state index is 0.568. The first kappa shape index (κ1) is 11.6. The highest BCUT2D eigenvalue weighted by Crippen LogP contribution is 2.29. The minimum atomic E-state index is 0.568. The van der Waals surface area contributed by atoms with Crippen LogP contribution < -0.4 is 4.90 Å². The number of nitrogens with zero attached hydrogens (tertiary/aromatic N) is 2. The molecule has 3 rings (SSSR count). The Balaban J connectivity index is 2.03. The zero-order valence-electron chi connectivity index (χ0n) is 11.2. The Morgan fingerprint density at radius 3 is 2.67 bits per heavy atom. The third-order valence-electron chi connectivity index (χ3n) is 3.89. The second-order valence-corrected chi connectivity index (χ2v) is 5.55. The lowest BCUT2D eigenvalue weighted by Crippen LogP contribution is -2.29. The molecule has 3 nitrogen and oxygen atoms in total. The fraction of sp³-hybridized carbons (Fsp3) is 0.533. The average molecular weight is 243 g/mol. The highest BCUT2D eigenvalue weighted by Gasteiger charge is 2.16. The molecule has 1 aromatic carbocycles. The maximum atomic E-state index is 4.52. The van der Waals surface area contributed by atoms with E-state index in [0.29, 0.717) is 5.92 Å². The lowest BCUT2D eigenvalue weighted by atomic mass is 10.0. The van der Waals surface area contributed by atoms with Crippen LogP contribution in [-0.4, -0.2) is 23.3 Å². The highest BCUT2D eigenvalue weighted by atomic mass is 15.3. The van der Waals surface area contributed by atoms with E-state index >= 15 is 0 Å². The van der Waals surface area contributed by atoms with Gasteiger partial charge in [-0.2, -0.15) is 5.10 Å². The highest BCUT2D eigenvalue weighted by molar-refractivity contribution is 5.90. The van der Waals surface area contributed by atoms with Gasteiger partial charge in [0.2, 0.25) is 0 Å². The number of rotatable bonds is 2. The molecule has 3 heteroatoms. The van der Waals surface area contributed by atoms with Gasteiger partial charge in [0.1, 0.15) is 0 Å². The van der Waals surface area contributed by atoms with Gasteiger partial charge in [0, 0.05) is 18.5 Å². The van der Waals surface area contributed by atoms with Crippen molar-refractivity contribution in [2.24, 2.45) is 0 Å². The summed E-state index contributed by atoms with van der Waals surface area (Å²) < 4.78 is 0. The second kappa shape index (κ2) is 4.63. The van der Waals surface area contributed by atoms with Gasteiger partial charge in [-0.15, -0.1) is 0 Å². The standard InChI is InChI=1S/C15H21N3/c1-11(2)12-6-7-14-13(10-12)15(17-16-14)18-8-4-3-5-9-18/h6-7,10-11H,3-5,8-9H2,1-2H3,(H,16,17). The Morgan fingerprint density at radius 1 is 1.17 bits per heavy atom. The van der Waals surface area contributed by atoms with Crippen molar-refractivity contribution >= 4 is 16.7 Å². The van der Waals surface area contributed by atoms with Crippen LogP contribution in [0.4, 0.5) is 5.82 Å². The summed E-state index contributed by atoms with van der Waals surface area (Å²) in [6.45, 7) is 6.77. The quantitative estimate of drug-likeness (QED) is 0.872. The van der Waals surface area contributed by atoms with E-state index < -0.39 is 0 Å². The monoisotopic (exact) mass is 243 g/mol. The molecule has 1 N–H and O–H groups in total. The smallest absolute Gasteiger partial charge is 0.158 e. The Morgan fingerprint density at radius 2 is 1.94 bits per heavy atom. The van der Waals surface area contributed by atoms with Crippen LogP contribution in [0, 0.1) is 0 Å². The number of hydrogen-bond donors (Lipinski definition) is 1. The van der Waals surface area contributed by atoms with Crippen molar-refractivity contribution in [3.63, 3.8) is 0 Å². The number of H-pyrrole nitrogens is 1. The molecule has 0 atom stereocenters. The lowest BCUT2D eigenvalue weighted by molar-refractivity contribution is 0.574. The van der Waals surface area contributed by atoms with Gasteiger partial charge in [-0.05, 0) is 42.9 Å². The van der Waals surface area contributed by atoms with Crippen molar-refractivity contribution in [3.8, 4) is 0 Å². The maximum Gasteiger partial charge on any atom is 0.158 e. The topological polar surface area (TPSA) is 31.9 Å². The van der Waals surface area contributed by atoms with Crippen LogP contribution in [0.15, 0.2) is 18.2 Å². The van der Waals surface area contributed by atoms with Gasteiger partial charge in [-0.1, -0.05) is 19.9 Å². The molecule has 1 aliphatic heterocycles. The summed E-state index contributed by atoms with van der Waals surface area (Å²) in [4.78, 5) is 2.42. The molecule has 0 bridgehead atoms. The van der Waals surface area contributed by atoms with Crippen LogP contribution in [0.2, 0.25) is 0 Å². The van der Waals surface area contributed by atoms with Gasteiger partial charge in [0.25, 0.3) is 0 Å². The summed E-state index contributed by atoms with van der Waals surface area (Å²) in [7, 11) is 0. The summed E-state index contributed by atoms with van der Waals surface area (Å²) in [5, 5.41) is 8.96. The third kappa shape index (κ3) is 1.98. The number of aromatic nitrogens is 2. The number of aromatic amines is 1. The molecule has 0 amide bonds. The Labute approximate surface area is 108 Å². The SMILES string of the molecule is CC(C)c1ccc2[nH]nc(N3CCCCC3)c2c1. The van der Waals surface area contributed by atoms with Crippen molar-refractivity contribution < 1.29 is 0 Å². The average Bonchev–Trinajstić information content (AvgIpc) is 2.82. The van der Waals surface area contributed by atoms with Crippen LogP contribution in [-0.2, 0) is 0 Å². The molecule has 1 saturated heterocycles. The largest absolute Gasteiger partial charge is 0.355 e. The Hall–Kier alpha value is -1.51. The van der Waals surface area contributed by atoms with Gasteiger partial charge >= 0.3 is 0 Å². The molecule has 0 aliphatic carbocycles. The molecule has 18 heavy (non-hydrogen) atoms. The summed E-state index contributed by atoms with van der Waals surface area (Å²) >= 11 is 0. The van der Waals surface area contributed by atoms with Crippen molar-refractivity contribution in [3.05, 3.63) is 23.8 Å². The van der Waals surface area contributed by atoms with E-state index in [-0.39, 0.29) is 0 Å². The molecule has 0 saturated carbocycles. The minimum Gasteiger partial charge on any atom is -0.355 e. The molecular weight excluding hydrogens is 222 g/mol. The molecule has 0 spiro atoms. The van der Waals surface area contributed by atoms with Gasteiger partial charge in [-0.3, -0.25) is 5.10 Å². The number of hydrogen-bond acceptors (Lipinski definition) is 2. The molecule has 1 fully saturated rings. The maximum absolute atomic E-state index is 4.52. The van der Waals surface area contributed by atoms with E-state index in [9.17, 15) is 0 Å². The molecule has 2 aromatic rings. The van der Waals surface area contributed by atoms with E-state index in [0.717, 1.165) is 24.4 Å². The number of piperidine rings is 1. The molecule has 0 unspecified atom stereocenters. The predicted molar refractivity (Wildman–Crippen MR) is 76.2 cm³/mol. The molecule has 96 valence electrons. The van der Waals surface area contributed by atoms with Crippen molar-refractivity contribution in [1.29, 1.82) is 0 Å². The number of benzene rings is 1. The van der Waals surface area contributed by atoms with Gasteiger partial charge in [0.05, 0.1) is 5.52 Å². The number of nitrogens with one attached hydrogen (secondary N) is 1. The molecule has 1 aromatic heterocycles. The third-order valence-corrected chi connectivity index (χ3v) is 3.89. The van der Waals surface area contributed by atoms with E-state index in [1.165, 1.54) is 30.2 Å². The van der Waals surface area contributed by atoms with Crippen LogP contribution in [0.1, 0.15) is 44.6 Å². The summed E-state index contributed by atoms with van der Waals surface area (Å²) in [6, 6.07) is 6.66. The fourth-order valence-electron chi connectivity index (χ4n) is 2.72. The zero-order valence-corrected chi connectivity index (χ0v) is 11.2. The number of fused-ring (bicyclic) bond motifs is 1. The first-order valence-electron chi connectivity index (χ1n) is 6.98. The molecular formula is C15H21N3. The van der Waals surface area contributed by atoms with Crippen molar-refractivity contribution in [2.75, 3.05) is 18.0 Å². The van der Waals surface area contributed by atoms with Crippen molar-refractivity contribution in [2.45, 2.75) is 39.0 Å². The van der Waals surface area contributed by atoms with E-state index in [2.05, 4.69) is 47.1 Å². The van der Waals surface area contributed by atoms with Gasteiger partial charge in [-0.25, -0.2) is 0 Å². The number of anilines is 1. The van der Waals surface area contributed by atoms with Crippen LogP contribution in [0.25, 0.3) is 10.9 Å². The van der Waals surface area contributed by atoms with Gasteiger partial charge < -0.3 is 4.90 Å².